The van der Waals surface area contributed by atoms with E-state index < -0.39 is 9.84 Å². The summed E-state index contributed by atoms with van der Waals surface area (Å²) >= 11 is 0. The van der Waals surface area contributed by atoms with Crippen molar-refractivity contribution in [1.82, 2.24) is 0 Å². The minimum absolute atomic E-state index is 0.0381. The van der Waals surface area contributed by atoms with E-state index in [1.54, 1.807) is 0 Å². The number of anilines is 1. The minimum atomic E-state index is -2.92. The molecule has 1 aliphatic rings. The highest BCUT2D eigenvalue weighted by Crippen LogP contribution is 2.24. The third kappa shape index (κ3) is 4.56. The molecule has 1 N–H and O–H groups in total. The molecule has 1 heterocycles. The van der Waals surface area contributed by atoms with Crippen LogP contribution < -0.4 is 5.32 Å². The topological polar surface area (TPSA) is 63.2 Å². The molecule has 0 radical (unpaired) electrons. The molecule has 4 nitrogen and oxygen atoms in total. The molecular weight excluding hydrogens is 286 g/mol. The Morgan fingerprint density at radius 3 is 2.33 bits per heavy atom. The van der Waals surface area contributed by atoms with Crippen molar-refractivity contribution in [2.24, 2.45) is 5.92 Å². The van der Waals surface area contributed by atoms with Gasteiger partial charge in [0.25, 0.3) is 0 Å². The van der Waals surface area contributed by atoms with Crippen LogP contribution in [0.2, 0.25) is 0 Å². The van der Waals surface area contributed by atoms with E-state index in [0.29, 0.717) is 6.42 Å². The molecule has 1 aromatic carbocycles. The molecule has 1 aromatic rings. The van der Waals surface area contributed by atoms with E-state index in [1.807, 2.05) is 24.3 Å². The fourth-order valence-corrected chi connectivity index (χ4v) is 4.42. The first-order chi connectivity index (χ1) is 9.66. The van der Waals surface area contributed by atoms with Crippen molar-refractivity contribution in [1.29, 1.82) is 0 Å². The van der Waals surface area contributed by atoms with Crippen LogP contribution >= 0.6 is 0 Å². The van der Waals surface area contributed by atoms with E-state index in [1.165, 1.54) is 5.56 Å². The molecule has 0 saturated carbocycles. The zero-order valence-corrected chi connectivity index (χ0v) is 13.7. The molecule has 1 unspecified atom stereocenters. The number of nitrogens with one attached hydrogen (secondary N) is 1. The van der Waals surface area contributed by atoms with Crippen LogP contribution in [0.1, 0.15) is 39.2 Å². The SMILES string of the molecule is CC(C)(C)c1ccc(NC(=O)CC2CCS(=O)(=O)C2)cc1. The van der Waals surface area contributed by atoms with Gasteiger partial charge in [-0.15, -0.1) is 0 Å². The average Bonchev–Trinajstić information content (AvgIpc) is 2.68. The molecule has 21 heavy (non-hydrogen) atoms. The van der Waals surface area contributed by atoms with Crippen LogP contribution in [0.15, 0.2) is 24.3 Å². The summed E-state index contributed by atoms with van der Waals surface area (Å²) < 4.78 is 22.8. The van der Waals surface area contributed by atoms with E-state index in [4.69, 9.17) is 0 Å². The molecule has 1 amide bonds. The van der Waals surface area contributed by atoms with Gasteiger partial charge in [0.1, 0.15) is 0 Å². The Hall–Kier alpha value is -1.36. The first kappa shape index (κ1) is 16.0. The molecule has 1 fully saturated rings. The zero-order chi connectivity index (χ0) is 15.7. The van der Waals surface area contributed by atoms with Gasteiger partial charge in [-0.3, -0.25) is 4.79 Å². The highest BCUT2D eigenvalue weighted by Gasteiger charge is 2.29. The van der Waals surface area contributed by atoms with Gasteiger partial charge in [0.2, 0.25) is 5.91 Å². The highest BCUT2D eigenvalue weighted by atomic mass is 32.2. The fourth-order valence-electron chi connectivity index (χ4n) is 2.56. The lowest BCUT2D eigenvalue weighted by Crippen LogP contribution is -2.17. The Bertz CT molecular complexity index is 612. The maximum Gasteiger partial charge on any atom is 0.224 e. The molecule has 0 bridgehead atoms. The molecule has 5 heteroatoms. The average molecular weight is 309 g/mol. The molecule has 2 rings (SSSR count). The van der Waals surface area contributed by atoms with E-state index in [-0.39, 0.29) is 35.2 Å². The lowest BCUT2D eigenvalue weighted by atomic mass is 9.87. The number of carbonyl (C=O) groups excluding carboxylic acids is 1. The summed E-state index contributed by atoms with van der Waals surface area (Å²) in [7, 11) is -2.92. The van der Waals surface area contributed by atoms with Crippen molar-refractivity contribution in [3.63, 3.8) is 0 Å². The summed E-state index contributed by atoms with van der Waals surface area (Å²) in [6.45, 7) is 6.42. The van der Waals surface area contributed by atoms with Gasteiger partial charge in [-0.2, -0.15) is 0 Å². The Kier molecular flexibility index (Phi) is 4.42. The molecule has 1 saturated heterocycles. The summed E-state index contributed by atoms with van der Waals surface area (Å²) in [5, 5.41) is 2.84. The summed E-state index contributed by atoms with van der Waals surface area (Å²) in [6, 6.07) is 7.80. The largest absolute Gasteiger partial charge is 0.326 e. The fraction of sp³-hybridized carbons (Fsp3) is 0.562. The van der Waals surface area contributed by atoms with Gasteiger partial charge < -0.3 is 5.32 Å². The van der Waals surface area contributed by atoms with Crippen molar-refractivity contribution in [2.75, 3.05) is 16.8 Å². The van der Waals surface area contributed by atoms with E-state index in [0.717, 1.165) is 5.69 Å². The number of hydrogen-bond donors (Lipinski definition) is 1. The maximum absolute atomic E-state index is 12.0. The van der Waals surface area contributed by atoms with Crippen LogP contribution in [-0.2, 0) is 20.0 Å². The predicted molar refractivity (Wildman–Crippen MR) is 85.1 cm³/mol. The molecule has 0 spiro atoms. The quantitative estimate of drug-likeness (QED) is 0.934. The van der Waals surface area contributed by atoms with Gasteiger partial charge >= 0.3 is 0 Å². The van der Waals surface area contributed by atoms with Gasteiger partial charge in [-0.1, -0.05) is 32.9 Å². The maximum atomic E-state index is 12.0. The van der Waals surface area contributed by atoms with Crippen molar-refractivity contribution >= 4 is 21.4 Å². The van der Waals surface area contributed by atoms with Gasteiger partial charge in [0.15, 0.2) is 9.84 Å². The van der Waals surface area contributed by atoms with Crippen molar-refractivity contribution in [3.8, 4) is 0 Å². The third-order valence-electron chi connectivity index (χ3n) is 3.84. The molecule has 1 aliphatic heterocycles. The van der Waals surface area contributed by atoms with Crippen LogP contribution in [0.25, 0.3) is 0 Å². The van der Waals surface area contributed by atoms with Crippen LogP contribution in [0.5, 0.6) is 0 Å². The molecule has 1 atom stereocenters. The zero-order valence-electron chi connectivity index (χ0n) is 12.8. The van der Waals surface area contributed by atoms with Crippen LogP contribution in [0, 0.1) is 5.92 Å². The van der Waals surface area contributed by atoms with E-state index in [2.05, 4.69) is 26.1 Å². The Labute approximate surface area is 126 Å². The second kappa shape index (κ2) is 5.79. The first-order valence-electron chi connectivity index (χ1n) is 7.26. The van der Waals surface area contributed by atoms with Crippen LogP contribution in [0.4, 0.5) is 5.69 Å². The number of benzene rings is 1. The number of hydrogen-bond acceptors (Lipinski definition) is 3. The van der Waals surface area contributed by atoms with Gasteiger partial charge in [-0.25, -0.2) is 8.42 Å². The van der Waals surface area contributed by atoms with Crippen molar-refractivity contribution in [2.45, 2.75) is 39.0 Å². The summed E-state index contributed by atoms with van der Waals surface area (Å²) in [6.07, 6.45) is 0.874. The normalized spacial score (nSPS) is 21.2. The number of rotatable bonds is 3. The van der Waals surface area contributed by atoms with E-state index >= 15 is 0 Å². The number of amides is 1. The van der Waals surface area contributed by atoms with E-state index in [9.17, 15) is 13.2 Å². The monoisotopic (exact) mass is 309 g/mol. The standard InChI is InChI=1S/C16H23NO3S/c1-16(2,3)13-4-6-14(7-5-13)17-15(18)10-12-8-9-21(19,20)11-12/h4-7,12H,8-11H2,1-3H3,(H,17,18). The van der Waals surface area contributed by atoms with Gasteiger partial charge in [-0.05, 0) is 35.4 Å². The Balaban J connectivity index is 1.91. The van der Waals surface area contributed by atoms with Gasteiger partial charge in [0, 0.05) is 12.1 Å². The molecular formula is C16H23NO3S. The Morgan fingerprint density at radius 1 is 1.24 bits per heavy atom. The Morgan fingerprint density at radius 2 is 1.86 bits per heavy atom. The lowest BCUT2D eigenvalue weighted by molar-refractivity contribution is -0.116. The summed E-state index contributed by atoms with van der Waals surface area (Å²) in [4.78, 5) is 12.0. The smallest absolute Gasteiger partial charge is 0.224 e. The first-order valence-corrected chi connectivity index (χ1v) is 9.09. The number of carbonyl (C=O) groups is 1. The summed E-state index contributed by atoms with van der Waals surface area (Å²) in [5.74, 6) is 0.207. The molecule has 0 aliphatic carbocycles. The summed E-state index contributed by atoms with van der Waals surface area (Å²) in [5.41, 5.74) is 2.05. The second-order valence-corrected chi connectivity index (χ2v) is 9.08. The third-order valence-corrected chi connectivity index (χ3v) is 5.67. The highest BCUT2D eigenvalue weighted by molar-refractivity contribution is 7.91. The number of sulfone groups is 1. The van der Waals surface area contributed by atoms with Gasteiger partial charge in [0.05, 0.1) is 11.5 Å². The van der Waals surface area contributed by atoms with Crippen LogP contribution in [0.3, 0.4) is 0 Å². The second-order valence-electron chi connectivity index (χ2n) is 6.85. The molecule has 116 valence electrons. The molecule has 0 aromatic heterocycles. The minimum Gasteiger partial charge on any atom is -0.326 e. The van der Waals surface area contributed by atoms with Crippen molar-refractivity contribution in [3.05, 3.63) is 29.8 Å². The van der Waals surface area contributed by atoms with Crippen molar-refractivity contribution < 1.29 is 13.2 Å². The lowest BCUT2D eigenvalue weighted by Gasteiger charge is -2.19. The van der Waals surface area contributed by atoms with Crippen LogP contribution in [-0.4, -0.2) is 25.8 Å². The predicted octanol–water partition coefficient (Wildman–Crippen LogP) is 2.75.